The highest BCUT2D eigenvalue weighted by atomic mass is 32.2. The monoisotopic (exact) mass is 361 g/mol. The maximum absolute atomic E-state index is 12.1. The van der Waals surface area contributed by atoms with Crippen LogP contribution < -0.4 is 14.8 Å². The van der Waals surface area contributed by atoms with Crippen LogP contribution in [-0.4, -0.2) is 42.5 Å². The quantitative estimate of drug-likeness (QED) is 0.524. The highest BCUT2D eigenvalue weighted by molar-refractivity contribution is 7.90. The Morgan fingerprint density at radius 3 is 2.00 bits per heavy atom. The lowest BCUT2D eigenvalue weighted by Gasteiger charge is -2.09. The van der Waals surface area contributed by atoms with Crippen LogP contribution in [-0.2, 0) is 20.0 Å². The molecule has 0 spiro atoms. The molecule has 0 aliphatic heterocycles. The molecule has 0 radical (unpaired) electrons. The molecule has 0 heterocycles. The summed E-state index contributed by atoms with van der Waals surface area (Å²) in [4.78, 5) is 0.131. The van der Waals surface area contributed by atoms with Crippen LogP contribution in [0.3, 0.4) is 0 Å². The fraction of sp³-hybridized carbons (Fsp3) is 0.571. The molecule has 1 aromatic carbocycles. The molecule has 1 aliphatic carbocycles. The summed E-state index contributed by atoms with van der Waals surface area (Å²) in [6.45, 7) is 3.70. The van der Waals surface area contributed by atoms with E-state index in [0.29, 0.717) is 6.54 Å². The summed E-state index contributed by atoms with van der Waals surface area (Å²) in [6.07, 6.45) is 2.68. The average molecular weight is 361 g/mol. The van der Waals surface area contributed by atoms with Crippen molar-refractivity contribution in [2.24, 2.45) is 0 Å². The van der Waals surface area contributed by atoms with Gasteiger partial charge < -0.3 is 5.32 Å². The molecule has 23 heavy (non-hydrogen) atoms. The second-order valence-corrected chi connectivity index (χ2v) is 9.00. The summed E-state index contributed by atoms with van der Waals surface area (Å²) in [6, 6.07) is 5.26. The maximum Gasteiger partial charge on any atom is 0.240 e. The summed E-state index contributed by atoms with van der Waals surface area (Å²) >= 11 is 0. The number of benzene rings is 1. The smallest absolute Gasteiger partial charge is 0.240 e. The molecule has 0 amide bonds. The minimum absolute atomic E-state index is 0.0145. The Hall–Kier alpha value is -1.00. The van der Waals surface area contributed by atoms with Crippen LogP contribution in [0.15, 0.2) is 34.1 Å². The van der Waals surface area contributed by atoms with E-state index in [0.717, 1.165) is 25.8 Å². The Balaban J connectivity index is 1.97. The lowest BCUT2D eigenvalue weighted by atomic mass is 10.4. The van der Waals surface area contributed by atoms with Crippen LogP contribution in [0.1, 0.15) is 26.2 Å². The van der Waals surface area contributed by atoms with Crippen LogP contribution in [0.4, 0.5) is 0 Å². The molecule has 3 N–H and O–H groups in total. The van der Waals surface area contributed by atoms with Gasteiger partial charge in [-0.15, -0.1) is 0 Å². The van der Waals surface area contributed by atoms with E-state index in [9.17, 15) is 16.8 Å². The van der Waals surface area contributed by atoms with Crippen molar-refractivity contribution in [2.75, 3.05) is 19.6 Å². The number of hydrogen-bond acceptors (Lipinski definition) is 5. The lowest BCUT2D eigenvalue weighted by Crippen LogP contribution is -2.32. The molecule has 2 rings (SSSR count). The summed E-state index contributed by atoms with van der Waals surface area (Å²) in [5.41, 5.74) is 0. The van der Waals surface area contributed by atoms with E-state index in [2.05, 4.69) is 14.8 Å². The normalized spacial score (nSPS) is 15.7. The zero-order valence-electron chi connectivity index (χ0n) is 13.1. The van der Waals surface area contributed by atoms with Crippen molar-refractivity contribution in [3.05, 3.63) is 24.3 Å². The van der Waals surface area contributed by atoms with E-state index in [-0.39, 0.29) is 22.4 Å². The van der Waals surface area contributed by atoms with Gasteiger partial charge in [-0.1, -0.05) is 6.92 Å². The Kier molecular flexibility index (Phi) is 6.15. The van der Waals surface area contributed by atoms with Crippen LogP contribution in [0, 0.1) is 0 Å². The van der Waals surface area contributed by atoms with Gasteiger partial charge in [0.2, 0.25) is 20.0 Å². The lowest BCUT2D eigenvalue weighted by molar-refractivity contribution is 0.573. The minimum atomic E-state index is -3.63. The third kappa shape index (κ3) is 5.54. The van der Waals surface area contributed by atoms with Crippen molar-refractivity contribution in [3.8, 4) is 0 Å². The molecule has 9 heteroatoms. The molecule has 0 atom stereocenters. The van der Waals surface area contributed by atoms with Gasteiger partial charge >= 0.3 is 0 Å². The SMILES string of the molecule is CCCNCCNS(=O)(=O)c1ccc(S(=O)(=O)NC2CC2)cc1. The highest BCUT2D eigenvalue weighted by Gasteiger charge is 2.28. The number of hydrogen-bond donors (Lipinski definition) is 3. The summed E-state index contributed by atoms with van der Waals surface area (Å²) in [7, 11) is -7.19. The molecule has 130 valence electrons. The average Bonchev–Trinajstić information content (AvgIpc) is 3.30. The molecular formula is C14H23N3O4S2. The predicted molar refractivity (Wildman–Crippen MR) is 88.1 cm³/mol. The van der Waals surface area contributed by atoms with E-state index >= 15 is 0 Å². The van der Waals surface area contributed by atoms with Crippen LogP contribution in [0.5, 0.6) is 0 Å². The van der Waals surface area contributed by atoms with Gasteiger partial charge in [0.05, 0.1) is 9.79 Å². The van der Waals surface area contributed by atoms with Gasteiger partial charge in [0.1, 0.15) is 0 Å². The second-order valence-electron chi connectivity index (χ2n) is 5.51. The highest BCUT2D eigenvalue weighted by Crippen LogP contribution is 2.22. The molecule has 0 bridgehead atoms. The zero-order valence-corrected chi connectivity index (χ0v) is 14.7. The molecule has 0 unspecified atom stereocenters. The molecule has 0 aromatic heterocycles. The number of nitrogens with one attached hydrogen (secondary N) is 3. The molecular weight excluding hydrogens is 338 g/mol. The van der Waals surface area contributed by atoms with Crippen molar-refractivity contribution in [2.45, 2.75) is 42.0 Å². The van der Waals surface area contributed by atoms with E-state index in [1.807, 2.05) is 6.92 Å². The van der Waals surface area contributed by atoms with Gasteiger partial charge in [-0.3, -0.25) is 0 Å². The van der Waals surface area contributed by atoms with Crippen LogP contribution in [0.25, 0.3) is 0 Å². The molecule has 7 nitrogen and oxygen atoms in total. The van der Waals surface area contributed by atoms with Gasteiger partial charge in [-0.2, -0.15) is 0 Å². The first-order valence-corrected chi connectivity index (χ1v) is 10.6. The van der Waals surface area contributed by atoms with Crippen molar-refractivity contribution in [3.63, 3.8) is 0 Å². The van der Waals surface area contributed by atoms with Crippen molar-refractivity contribution >= 4 is 20.0 Å². The summed E-state index contributed by atoms with van der Waals surface area (Å²) in [5, 5.41) is 3.10. The standard InChI is InChI=1S/C14H23N3O4S2/c1-2-9-15-10-11-16-22(18,19)13-5-7-14(8-6-13)23(20,21)17-12-3-4-12/h5-8,12,15-17H,2-4,9-11H2,1H3. The predicted octanol–water partition coefficient (Wildman–Crippen LogP) is 0.405. The summed E-state index contributed by atoms with van der Waals surface area (Å²) in [5.74, 6) is 0. The molecule has 1 aliphatic rings. The van der Waals surface area contributed by atoms with Gasteiger partial charge in [0.25, 0.3) is 0 Å². The third-order valence-corrected chi connectivity index (χ3v) is 6.38. The summed E-state index contributed by atoms with van der Waals surface area (Å²) < 4.78 is 53.3. The van der Waals surface area contributed by atoms with E-state index in [1.54, 1.807) is 0 Å². The molecule has 0 saturated heterocycles. The van der Waals surface area contributed by atoms with Crippen molar-refractivity contribution in [1.82, 2.24) is 14.8 Å². The van der Waals surface area contributed by atoms with Crippen molar-refractivity contribution < 1.29 is 16.8 Å². The number of sulfonamides is 2. The van der Waals surface area contributed by atoms with E-state index in [1.165, 1.54) is 24.3 Å². The molecule has 1 saturated carbocycles. The zero-order chi connectivity index (χ0) is 16.9. The minimum Gasteiger partial charge on any atom is -0.315 e. The van der Waals surface area contributed by atoms with E-state index in [4.69, 9.17) is 0 Å². The Labute approximate surface area is 138 Å². The molecule has 1 fully saturated rings. The van der Waals surface area contributed by atoms with Crippen LogP contribution >= 0.6 is 0 Å². The fourth-order valence-corrected chi connectivity index (χ4v) is 4.28. The number of rotatable bonds is 10. The largest absolute Gasteiger partial charge is 0.315 e. The third-order valence-electron chi connectivity index (χ3n) is 3.36. The van der Waals surface area contributed by atoms with E-state index < -0.39 is 20.0 Å². The van der Waals surface area contributed by atoms with Crippen molar-refractivity contribution in [1.29, 1.82) is 0 Å². The fourth-order valence-electron chi connectivity index (χ4n) is 1.95. The van der Waals surface area contributed by atoms with Crippen LogP contribution in [0.2, 0.25) is 0 Å². The molecule has 1 aromatic rings. The first-order valence-electron chi connectivity index (χ1n) is 7.68. The van der Waals surface area contributed by atoms with Gasteiger partial charge in [-0.25, -0.2) is 26.3 Å². The Bertz CT molecular complexity index is 711. The first-order chi connectivity index (χ1) is 10.8. The van der Waals surface area contributed by atoms with Gasteiger partial charge in [0.15, 0.2) is 0 Å². The van der Waals surface area contributed by atoms with Gasteiger partial charge in [-0.05, 0) is 50.1 Å². The van der Waals surface area contributed by atoms with Gasteiger partial charge in [0, 0.05) is 19.1 Å². The second kappa shape index (κ2) is 7.71. The Morgan fingerprint density at radius 1 is 0.913 bits per heavy atom. The topological polar surface area (TPSA) is 104 Å². The Morgan fingerprint density at radius 2 is 1.48 bits per heavy atom. The maximum atomic E-state index is 12.1. The first kappa shape index (κ1) is 18.3.